The third-order valence-corrected chi connectivity index (χ3v) is 3.94. The summed E-state index contributed by atoms with van der Waals surface area (Å²) in [5.41, 5.74) is 4.36. The number of fused-ring (bicyclic) bond motifs is 1. The minimum atomic E-state index is -1.06. The van der Waals surface area contributed by atoms with Crippen LogP contribution in [0.25, 0.3) is 11.0 Å². The normalized spacial score (nSPS) is 11.2. The minimum absolute atomic E-state index is 0.0126. The van der Waals surface area contributed by atoms with Gasteiger partial charge in [0, 0.05) is 16.6 Å². The van der Waals surface area contributed by atoms with Gasteiger partial charge < -0.3 is 9.52 Å². The molecule has 0 unspecified atom stereocenters. The summed E-state index contributed by atoms with van der Waals surface area (Å²) in [5, 5.41) is 14.6. The average Bonchev–Trinajstić information content (AvgIpc) is 2.94. The lowest BCUT2D eigenvalue weighted by Crippen LogP contribution is -2.08. The van der Waals surface area contributed by atoms with E-state index in [-0.39, 0.29) is 5.76 Å². The largest absolute Gasteiger partial charge is 0.475 e. The van der Waals surface area contributed by atoms with Crippen LogP contribution in [0.1, 0.15) is 33.1 Å². The first-order valence-corrected chi connectivity index (χ1v) is 6.73. The first-order valence-electron chi connectivity index (χ1n) is 6.73. The van der Waals surface area contributed by atoms with Crippen molar-refractivity contribution in [1.82, 2.24) is 9.78 Å². The van der Waals surface area contributed by atoms with Crippen LogP contribution in [-0.4, -0.2) is 20.9 Å². The van der Waals surface area contributed by atoms with Crippen molar-refractivity contribution in [2.24, 2.45) is 0 Å². The molecule has 21 heavy (non-hydrogen) atoms. The number of carbonyl (C=O) groups is 1. The summed E-state index contributed by atoms with van der Waals surface area (Å²) in [7, 11) is 0. The highest BCUT2D eigenvalue weighted by atomic mass is 16.4. The fourth-order valence-corrected chi connectivity index (χ4v) is 2.52. The molecule has 1 aromatic carbocycles. The van der Waals surface area contributed by atoms with Crippen molar-refractivity contribution in [3.8, 4) is 0 Å². The highest BCUT2D eigenvalue weighted by Gasteiger charge is 2.21. The van der Waals surface area contributed by atoms with Gasteiger partial charge in [0.05, 0.1) is 12.2 Å². The van der Waals surface area contributed by atoms with Gasteiger partial charge in [0.1, 0.15) is 5.58 Å². The summed E-state index contributed by atoms with van der Waals surface area (Å²) < 4.78 is 7.30. The predicted octanol–water partition coefficient (Wildman–Crippen LogP) is 3.30. The van der Waals surface area contributed by atoms with Gasteiger partial charge in [-0.1, -0.05) is 18.2 Å². The summed E-state index contributed by atoms with van der Waals surface area (Å²) in [4.78, 5) is 11.4. The molecule has 0 fully saturated rings. The standard InChI is InChI=1S/C16H16N2O3/c1-9-10(2)17-18(11(9)3)8-13-12-6-4-5-7-14(12)21-15(13)16(19)20/h4-7H,8H2,1-3H3,(H,19,20). The summed E-state index contributed by atoms with van der Waals surface area (Å²) in [6.07, 6.45) is 0. The number of rotatable bonds is 3. The van der Waals surface area contributed by atoms with Crippen LogP contribution >= 0.6 is 0 Å². The Labute approximate surface area is 121 Å². The molecule has 0 atom stereocenters. The minimum Gasteiger partial charge on any atom is -0.475 e. The van der Waals surface area contributed by atoms with Gasteiger partial charge in [-0.25, -0.2) is 4.79 Å². The molecule has 5 nitrogen and oxygen atoms in total. The van der Waals surface area contributed by atoms with E-state index in [2.05, 4.69) is 5.10 Å². The van der Waals surface area contributed by atoms with E-state index in [1.807, 2.05) is 43.7 Å². The molecule has 1 N–H and O–H groups in total. The highest BCUT2D eigenvalue weighted by molar-refractivity contribution is 5.95. The SMILES string of the molecule is Cc1nn(Cc2c(C(=O)O)oc3ccccc23)c(C)c1C. The van der Waals surface area contributed by atoms with Gasteiger partial charge in [0.25, 0.3) is 0 Å². The van der Waals surface area contributed by atoms with Crippen LogP contribution in [0.3, 0.4) is 0 Å². The van der Waals surface area contributed by atoms with Crippen LogP contribution in [0.2, 0.25) is 0 Å². The number of hydrogen-bond donors (Lipinski definition) is 1. The first-order chi connectivity index (χ1) is 9.99. The summed E-state index contributed by atoms with van der Waals surface area (Å²) in [6.45, 7) is 6.33. The topological polar surface area (TPSA) is 68.3 Å². The first kappa shape index (κ1) is 13.4. The van der Waals surface area contributed by atoms with E-state index in [4.69, 9.17) is 4.42 Å². The van der Waals surface area contributed by atoms with E-state index in [1.165, 1.54) is 0 Å². The lowest BCUT2D eigenvalue weighted by Gasteiger charge is -2.04. The Kier molecular flexibility index (Phi) is 3.05. The maximum absolute atomic E-state index is 11.4. The molecule has 3 rings (SSSR count). The van der Waals surface area contributed by atoms with Crippen LogP contribution in [-0.2, 0) is 6.54 Å². The molecule has 0 spiro atoms. The number of benzene rings is 1. The second-order valence-corrected chi connectivity index (χ2v) is 5.16. The maximum atomic E-state index is 11.4. The monoisotopic (exact) mass is 284 g/mol. The lowest BCUT2D eigenvalue weighted by atomic mass is 10.1. The van der Waals surface area contributed by atoms with E-state index < -0.39 is 5.97 Å². The van der Waals surface area contributed by atoms with Crippen molar-refractivity contribution in [1.29, 1.82) is 0 Å². The number of aromatic nitrogens is 2. The molecule has 0 saturated heterocycles. The highest BCUT2D eigenvalue weighted by Crippen LogP contribution is 2.27. The van der Waals surface area contributed by atoms with Gasteiger partial charge in [-0.15, -0.1) is 0 Å². The number of hydrogen-bond acceptors (Lipinski definition) is 3. The molecule has 0 amide bonds. The van der Waals surface area contributed by atoms with Crippen LogP contribution in [0, 0.1) is 20.8 Å². The van der Waals surface area contributed by atoms with Crippen LogP contribution in [0.4, 0.5) is 0 Å². The molecule has 0 radical (unpaired) electrons. The van der Waals surface area contributed by atoms with Crippen LogP contribution in [0.15, 0.2) is 28.7 Å². The quantitative estimate of drug-likeness (QED) is 0.801. The molecule has 3 aromatic rings. The fraction of sp³-hybridized carbons (Fsp3) is 0.250. The van der Waals surface area contributed by atoms with Gasteiger partial charge in [0.15, 0.2) is 0 Å². The molecule has 5 heteroatoms. The molecule has 2 heterocycles. The zero-order valence-electron chi connectivity index (χ0n) is 12.2. The van der Waals surface area contributed by atoms with Gasteiger partial charge in [-0.05, 0) is 32.4 Å². The molecule has 108 valence electrons. The molecule has 0 aliphatic rings. The molecular formula is C16H16N2O3. The third kappa shape index (κ3) is 2.11. The zero-order chi connectivity index (χ0) is 15.1. The molecular weight excluding hydrogens is 268 g/mol. The summed E-state index contributed by atoms with van der Waals surface area (Å²) in [5.74, 6) is -1.07. The van der Waals surface area contributed by atoms with E-state index in [0.29, 0.717) is 17.7 Å². The molecule has 2 aromatic heterocycles. The molecule has 0 saturated carbocycles. The molecule has 0 bridgehead atoms. The second-order valence-electron chi connectivity index (χ2n) is 5.16. The maximum Gasteiger partial charge on any atom is 0.372 e. The number of carboxylic acid groups (broad SMARTS) is 1. The van der Waals surface area contributed by atoms with Crippen LogP contribution < -0.4 is 0 Å². The smallest absolute Gasteiger partial charge is 0.372 e. The van der Waals surface area contributed by atoms with Crippen molar-refractivity contribution in [3.05, 3.63) is 52.5 Å². The number of furan rings is 1. The fourth-order valence-electron chi connectivity index (χ4n) is 2.52. The second kappa shape index (κ2) is 4.77. The van der Waals surface area contributed by atoms with Crippen molar-refractivity contribution >= 4 is 16.9 Å². The van der Waals surface area contributed by atoms with Crippen molar-refractivity contribution in [2.45, 2.75) is 27.3 Å². The summed E-state index contributed by atoms with van der Waals surface area (Å²) >= 11 is 0. The number of nitrogens with zero attached hydrogens (tertiary/aromatic N) is 2. The molecule has 0 aliphatic carbocycles. The van der Waals surface area contributed by atoms with E-state index in [9.17, 15) is 9.90 Å². The Bertz CT molecular complexity index is 843. The van der Waals surface area contributed by atoms with Crippen molar-refractivity contribution in [3.63, 3.8) is 0 Å². The molecule has 0 aliphatic heterocycles. The Hall–Kier alpha value is -2.56. The Morgan fingerprint density at radius 1 is 1.29 bits per heavy atom. The Morgan fingerprint density at radius 2 is 2.00 bits per heavy atom. The van der Waals surface area contributed by atoms with Crippen molar-refractivity contribution < 1.29 is 14.3 Å². The number of para-hydroxylation sites is 1. The van der Waals surface area contributed by atoms with Gasteiger partial charge in [0.2, 0.25) is 5.76 Å². The van der Waals surface area contributed by atoms with E-state index in [1.54, 1.807) is 6.07 Å². The van der Waals surface area contributed by atoms with Gasteiger partial charge in [-0.2, -0.15) is 5.10 Å². The van der Waals surface area contributed by atoms with Gasteiger partial charge >= 0.3 is 5.97 Å². The number of carboxylic acids is 1. The average molecular weight is 284 g/mol. The predicted molar refractivity (Wildman–Crippen MR) is 78.7 cm³/mol. The van der Waals surface area contributed by atoms with Crippen molar-refractivity contribution in [2.75, 3.05) is 0 Å². The zero-order valence-corrected chi connectivity index (χ0v) is 12.2. The Balaban J connectivity index is 2.17. The Morgan fingerprint density at radius 3 is 2.62 bits per heavy atom. The third-order valence-electron chi connectivity index (χ3n) is 3.94. The lowest BCUT2D eigenvalue weighted by molar-refractivity contribution is 0.0663. The van der Waals surface area contributed by atoms with Crippen LogP contribution in [0.5, 0.6) is 0 Å². The number of aryl methyl sites for hydroxylation is 1. The van der Waals surface area contributed by atoms with E-state index in [0.717, 1.165) is 22.3 Å². The number of aromatic carboxylic acids is 1. The van der Waals surface area contributed by atoms with Gasteiger partial charge in [-0.3, -0.25) is 4.68 Å². The summed E-state index contributed by atoms with van der Waals surface area (Å²) in [6, 6.07) is 7.35. The van der Waals surface area contributed by atoms with E-state index >= 15 is 0 Å².